The smallest absolute Gasteiger partial charge is 0.389 e. The average Bonchev–Trinajstić information content (AvgIpc) is 2.53. The summed E-state index contributed by atoms with van der Waals surface area (Å²) < 4.78 is 53.8. The number of carbonyl (C=O) groups excluding carboxylic acids is 1. The maximum atomic E-state index is 12.3. The molecule has 8 heteroatoms. The van der Waals surface area contributed by atoms with E-state index in [1.165, 1.54) is 0 Å². The Bertz CT molecular complexity index is 404. The van der Waals surface area contributed by atoms with Gasteiger partial charge < -0.3 is 19.9 Å². The third kappa shape index (κ3) is 8.87. The zero-order chi connectivity index (χ0) is 19.0. The summed E-state index contributed by atoms with van der Waals surface area (Å²) >= 11 is 0. The molecular formula is C17H30F3NO4. The van der Waals surface area contributed by atoms with Gasteiger partial charge in [-0.2, -0.15) is 13.2 Å². The lowest BCUT2D eigenvalue weighted by molar-refractivity contribution is -0.170. The van der Waals surface area contributed by atoms with Crippen molar-refractivity contribution in [1.29, 1.82) is 0 Å². The molecule has 4 unspecified atom stereocenters. The summed E-state index contributed by atoms with van der Waals surface area (Å²) in [6, 6.07) is -0.697. The molecule has 148 valence electrons. The van der Waals surface area contributed by atoms with Crippen LogP contribution in [-0.4, -0.2) is 49.7 Å². The van der Waals surface area contributed by atoms with E-state index in [0.29, 0.717) is 31.8 Å². The molecule has 25 heavy (non-hydrogen) atoms. The van der Waals surface area contributed by atoms with E-state index in [1.807, 2.05) is 13.8 Å². The Morgan fingerprint density at radius 3 is 2.56 bits per heavy atom. The Hall–Kier alpha value is -0.860. The average molecular weight is 369 g/mol. The summed E-state index contributed by atoms with van der Waals surface area (Å²) in [7, 11) is 0. The van der Waals surface area contributed by atoms with Gasteiger partial charge in [0.2, 0.25) is 0 Å². The van der Waals surface area contributed by atoms with E-state index in [0.717, 1.165) is 0 Å². The molecule has 0 spiro atoms. The number of hydrogen-bond donors (Lipinski definition) is 1. The summed E-state index contributed by atoms with van der Waals surface area (Å²) in [5.41, 5.74) is 5.78. The van der Waals surface area contributed by atoms with E-state index < -0.39 is 36.8 Å². The van der Waals surface area contributed by atoms with Gasteiger partial charge in [-0.15, -0.1) is 0 Å². The normalized spacial score (nSPS) is 29.0. The van der Waals surface area contributed by atoms with Crippen molar-refractivity contribution < 1.29 is 32.2 Å². The standard InChI is InChI=1S/C17H30F3NO4/c1-11(2)10-24-14-7-4-6-13(21)16(22)25-12(3)15(14)23-9-5-8-17(18,19)20/h11-15H,4-10,21H2,1-3H3. The molecule has 0 saturated carbocycles. The first-order valence-electron chi connectivity index (χ1n) is 8.86. The third-order valence-corrected chi connectivity index (χ3v) is 4.00. The lowest BCUT2D eigenvalue weighted by atomic mass is 10.0. The molecule has 1 heterocycles. The number of cyclic esters (lactones) is 1. The Balaban J connectivity index is 2.73. The van der Waals surface area contributed by atoms with Crippen LogP contribution >= 0.6 is 0 Å². The fourth-order valence-electron chi connectivity index (χ4n) is 2.69. The van der Waals surface area contributed by atoms with E-state index in [4.69, 9.17) is 19.9 Å². The molecule has 1 aliphatic heterocycles. The summed E-state index contributed by atoms with van der Waals surface area (Å²) in [6.07, 6.45) is -5.09. The van der Waals surface area contributed by atoms with Gasteiger partial charge in [0.05, 0.1) is 6.10 Å². The van der Waals surface area contributed by atoms with Crippen LogP contribution in [0.5, 0.6) is 0 Å². The molecule has 0 bridgehead atoms. The minimum absolute atomic E-state index is 0.0698. The highest BCUT2D eigenvalue weighted by Crippen LogP contribution is 2.24. The fourth-order valence-corrected chi connectivity index (χ4v) is 2.69. The van der Waals surface area contributed by atoms with E-state index >= 15 is 0 Å². The van der Waals surface area contributed by atoms with Gasteiger partial charge in [-0.3, -0.25) is 4.79 Å². The van der Waals surface area contributed by atoms with E-state index in [1.54, 1.807) is 6.92 Å². The van der Waals surface area contributed by atoms with Gasteiger partial charge in [-0.05, 0) is 38.5 Å². The van der Waals surface area contributed by atoms with Crippen molar-refractivity contribution in [1.82, 2.24) is 0 Å². The number of alkyl halides is 3. The van der Waals surface area contributed by atoms with Crippen LogP contribution in [0.15, 0.2) is 0 Å². The first-order chi connectivity index (χ1) is 11.6. The maximum absolute atomic E-state index is 12.3. The highest BCUT2D eigenvalue weighted by Gasteiger charge is 2.34. The minimum atomic E-state index is -4.21. The summed E-state index contributed by atoms with van der Waals surface area (Å²) in [6.45, 7) is 6.11. The molecule has 5 nitrogen and oxygen atoms in total. The molecule has 2 N–H and O–H groups in total. The third-order valence-electron chi connectivity index (χ3n) is 4.00. The van der Waals surface area contributed by atoms with Crippen molar-refractivity contribution in [3.05, 3.63) is 0 Å². The van der Waals surface area contributed by atoms with Crippen molar-refractivity contribution in [2.75, 3.05) is 13.2 Å². The van der Waals surface area contributed by atoms with Gasteiger partial charge in [-0.1, -0.05) is 13.8 Å². The fraction of sp³-hybridized carbons (Fsp3) is 0.941. The summed E-state index contributed by atoms with van der Waals surface area (Å²) in [4.78, 5) is 11.9. The topological polar surface area (TPSA) is 70.8 Å². The molecule has 1 saturated heterocycles. The van der Waals surface area contributed by atoms with Crippen LogP contribution in [0.25, 0.3) is 0 Å². The Kier molecular flexibility index (Phi) is 9.16. The number of nitrogens with two attached hydrogens (primary N) is 1. The van der Waals surface area contributed by atoms with Gasteiger partial charge in [-0.25, -0.2) is 0 Å². The summed E-state index contributed by atoms with van der Waals surface area (Å²) in [5.74, 6) is -0.209. The van der Waals surface area contributed by atoms with Gasteiger partial charge in [0, 0.05) is 19.6 Å². The van der Waals surface area contributed by atoms with Crippen molar-refractivity contribution in [2.45, 2.75) is 83.4 Å². The SMILES string of the molecule is CC(C)COC1CCCC(N)C(=O)OC(C)C1OCCCC(F)(F)F. The highest BCUT2D eigenvalue weighted by molar-refractivity contribution is 5.75. The van der Waals surface area contributed by atoms with Gasteiger partial charge in [0.1, 0.15) is 18.2 Å². The van der Waals surface area contributed by atoms with Crippen LogP contribution in [-0.2, 0) is 19.0 Å². The quantitative estimate of drug-likeness (QED) is 0.551. The van der Waals surface area contributed by atoms with Gasteiger partial charge in [0.15, 0.2) is 0 Å². The molecule has 0 radical (unpaired) electrons. The molecule has 1 fully saturated rings. The van der Waals surface area contributed by atoms with E-state index in [2.05, 4.69) is 0 Å². The molecule has 4 atom stereocenters. The lowest BCUT2D eigenvalue weighted by Crippen LogP contribution is -2.43. The van der Waals surface area contributed by atoms with Crippen LogP contribution in [0.3, 0.4) is 0 Å². The maximum Gasteiger partial charge on any atom is 0.389 e. The highest BCUT2D eigenvalue weighted by atomic mass is 19.4. The first kappa shape index (κ1) is 22.2. The number of halogens is 3. The molecule has 0 aliphatic carbocycles. The second kappa shape index (κ2) is 10.3. The number of carbonyl (C=O) groups is 1. The van der Waals surface area contributed by atoms with E-state index in [9.17, 15) is 18.0 Å². The molecular weight excluding hydrogens is 339 g/mol. The lowest BCUT2D eigenvalue weighted by Gasteiger charge is -2.31. The molecule has 0 aromatic rings. The zero-order valence-electron chi connectivity index (χ0n) is 15.2. The van der Waals surface area contributed by atoms with Crippen LogP contribution in [0, 0.1) is 5.92 Å². The van der Waals surface area contributed by atoms with E-state index in [-0.39, 0.29) is 19.1 Å². The monoisotopic (exact) mass is 369 g/mol. The first-order valence-corrected chi connectivity index (χ1v) is 8.86. The second-order valence-electron chi connectivity index (χ2n) is 7.00. The number of hydrogen-bond acceptors (Lipinski definition) is 5. The van der Waals surface area contributed by atoms with Crippen molar-refractivity contribution in [3.8, 4) is 0 Å². The number of esters is 1. The second-order valence-corrected chi connectivity index (χ2v) is 7.00. The van der Waals surface area contributed by atoms with Gasteiger partial charge in [0.25, 0.3) is 0 Å². The van der Waals surface area contributed by atoms with Crippen LogP contribution in [0.4, 0.5) is 13.2 Å². The Morgan fingerprint density at radius 1 is 1.28 bits per heavy atom. The number of rotatable bonds is 7. The van der Waals surface area contributed by atoms with Crippen molar-refractivity contribution >= 4 is 5.97 Å². The summed E-state index contributed by atoms with van der Waals surface area (Å²) in [5, 5.41) is 0. The predicted molar refractivity (Wildman–Crippen MR) is 87.0 cm³/mol. The molecule has 0 aromatic carbocycles. The van der Waals surface area contributed by atoms with Crippen LogP contribution in [0.1, 0.15) is 52.9 Å². The number of ether oxygens (including phenoxy) is 3. The minimum Gasteiger partial charge on any atom is -0.459 e. The van der Waals surface area contributed by atoms with Gasteiger partial charge >= 0.3 is 12.1 Å². The molecule has 0 amide bonds. The largest absolute Gasteiger partial charge is 0.459 e. The van der Waals surface area contributed by atoms with Crippen molar-refractivity contribution in [2.24, 2.45) is 11.7 Å². The van der Waals surface area contributed by atoms with Crippen LogP contribution in [0.2, 0.25) is 0 Å². The molecule has 1 aliphatic rings. The predicted octanol–water partition coefficient (Wildman–Crippen LogP) is 3.20. The van der Waals surface area contributed by atoms with Crippen LogP contribution < -0.4 is 5.73 Å². The zero-order valence-corrected chi connectivity index (χ0v) is 15.2. The van der Waals surface area contributed by atoms with Crippen molar-refractivity contribution in [3.63, 3.8) is 0 Å². The Morgan fingerprint density at radius 2 is 1.96 bits per heavy atom. The molecule has 1 rings (SSSR count). The molecule has 0 aromatic heterocycles. The Labute approximate surface area is 147 Å².